The summed E-state index contributed by atoms with van der Waals surface area (Å²) in [6.45, 7) is 0. The summed E-state index contributed by atoms with van der Waals surface area (Å²) in [6, 6.07) is 7.69. The zero-order chi connectivity index (χ0) is 9.68. The maximum Gasteiger partial charge on any atom is 0.162 e. The first-order chi connectivity index (χ1) is 6.22. The number of halogens is 1. The second-order valence-corrected chi connectivity index (χ2v) is 3.33. The third kappa shape index (κ3) is 3.29. The van der Waals surface area contributed by atoms with Crippen LogP contribution in [0.15, 0.2) is 40.0 Å². The number of hydrogen-bond acceptors (Lipinski definition) is 2. The van der Waals surface area contributed by atoms with Gasteiger partial charge in [-0.2, -0.15) is 0 Å². The molecule has 0 aliphatic rings. The second-order valence-electron chi connectivity index (χ2n) is 2.41. The van der Waals surface area contributed by atoms with E-state index in [0.29, 0.717) is 0 Å². The fourth-order valence-corrected chi connectivity index (χ4v) is 1.05. The molecule has 13 heavy (non-hydrogen) atoms. The molecule has 4 heteroatoms. The van der Waals surface area contributed by atoms with Gasteiger partial charge in [0.25, 0.3) is 0 Å². The lowest BCUT2D eigenvalue weighted by Crippen LogP contribution is -2.06. The first-order valence-electron chi connectivity index (χ1n) is 3.63. The van der Waals surface area contributed by atoms with Crippen LogP contribution in [0, 0.1) is 0 Å². The number of benzene rings is 1. The van der Waals surface area contributed by atoms with Gasteiger partial charge in [-0.05, 0) is 23.8 Å². The highest BCUT2D eigenvalue weighted by molar-refractivity contribution is 9.10. The summed E-state index contributed by atoms with van der Waals surface area (Å²) in [5.41, 5.74) is 6.25. The highest BCUT2D eigenvalue weighted by Crippen LogP contribution is 2.11. The lowest BCUT2D eigenvalue weighted by molar-refractivity contribution is 0.319. The molecular weight excluding hydrogens is 232 g/mol. The van der Waals surface area contributed by atoms with Crippen LogP contribution in [0.2, 0.25) is 0 Å². The largest absolute Gasteiger partial charge is 0.409 e. The smallest absolute Gasteiger partial charge is 0.162 e. The van der Waals surface area contributed by atoms with E-state index in [1.165, 1.54) is 6.08 Å². The van der Waals surface area contributed by atoms with Crippen LogP contribution in [-0.4, -0.2) is 11.0 Å². The SMILES string of the molecule is NC(C=Cc1ccc(Br)cc1)=NO. The third-order valence-corrected chi connectivity index (χ3v) is 1.96. The summed E-state index contributed by atoms with van der Waals surface area (Å²) in [5.74, 6) is 0.0860. The Hall–Kier alpha value is -1.29. The van der Waals surface area contributed by atoms with Gasteiger partial charge in [0.05, 0.1) is 0 Å². The maximum atomic E-state index is 8.26. The van der Waals surface area contributed by atoms with Crippen LogP contribution in [-0.2, 0) is 0 Å². The van der Waals surface area contributed by atoms with E-state index >= 15 is 0 Å². The molecule has 0 aliphatic carbocycles. The van der Waals surface area contributed by atoms with Gasteiger partial charge in [-0.1, -0.05) is 39.3 Å². The zero-order valence-corrected chi connectivity index (χ0v) is 8.40. The molecule has 0 spiro atoms. The van der Waals surface area contributed by atoms with Crippen molar-refractivity contribution in [2.45, 2.75) is 0 Å². The zero-order valence-electron chi connectivity index (χ0n) is 6.81. The molecule has 68 valence electrons. The van der Waals surface area contributed by atoms with Crippen LogP contribution in [0.1, 0.15) is 5.56 Å². The Bertz CT molecular complexity index is 330. The van der Waals surface area contributed by atoms with Crippen LogP contribution in [0.5, 0.6) is 0 Å². The summed E-state index contributed by atoms with van der Waals surface area (Å²) in [4.78, 5) is 0. The van der Waals surface area contributed by atoms with Gasteiger partial charge in [-0.15, -0.1) is 0 Å². The van der Waals surface area contributed by atoms with Gasteiger partial charge < -0.3 is 10.9 Å². The molecule has 3 nitrogen and oxygen atoms in total. The van der Waals surface area contributed by atoms with E-state index in [2.05, 4.69) is 21.1 Å². The molecule has 0 aromatic heterocycles. The molecule has 0 saturated carbocycles. The maximum absolute atomic E-state index is 8.26. The van der Waals surface area contributed by atoms with Crippen molar-refractivity contribution in [2.24, 2.45) is 10.9 Å². The number of hydrogen-bond donors (Lipinski definition) is 2. The molecule has 0 unspecified atom stereocenters. The summed E-state index contributed by atoms with van der Waals surface area (Å²) in [5, 5.41) is 11.1. The quantitative estimate of drug-likeness (QED) is 0.361. The van der Waals surface area contributed by atoms with Crippen molar-refractivity contribution >= 4 is 27.8 Å². The third-order valence-electron chi connectivity index (χ3n) is 1.43. The Labute approximate surface area is 84.7 Å². The van der Waals surface area contributed by atoms with Crippen LogP contribution < -0.4 is 5.73 Å². The number of nitrogens with zero attached hydrogens (tertiary/aromatic N) is 1. The van der Waals surface area contributed by atoms with Crippen LogP contribution >= 0.6 is 15.9 Å². The average Bonchev–Trinajstić information content (AvgIpc) is 2.16. The monoisotopic (exact) mass is 240 g/mol. The van der Waals surface area contributed by atoms with Gasteiger partial charge in [0.1, 0.15) is 0 Å². The number of rotatable bonds is 2. The Morgan fingerprint density at radius 2 is 2.00 bits per heavy atom. The Kier molecular flexibility index (Phi) is 3.52. The Morgan fingerprint density at radius 3 is 2.54 bits per heavy atom. The van der Waals surface area contributed by atoms with Gasteiger partial charge in [-0.3, -0.25) is 0 Å². The van der Waals surface area contributed by atoms with Gasteiger partial charge in [-0.25, -0.2) is 0 Å². The van der Waals surface area contributed by atoms with Crippen molar-refractivity contribution in [3.63, 3.8) is 0 Å². The molecule has 1 aromatic carbocycles. The lowest BCUT2D eigenvalue weighted by Gasteiger charge is -1.92. The standard InChI is InChI=1S/C9H9BrN2O/c10-8-4-1-7(2-5-8)3-6-9(11)12-13/h1-6,13H,(H2,11,12). The van der Waals surface area contributed by atoms with Crippen LogP contribution in [0.4, 0.5) is 0 Å². The number of oxime groups is 1. The predicted octanol–water partition coefficient (Wildman–Crippen LogP) is 2.21. The molecule has 0 radical (unpaired) electrons. The number of amidine groups is 1. The molecule has 0 aliphatic heterocycles. The molecule has 3 N–H and O–H groups in total. The topological polar surface area (TPSA) is 58.6 Å². The first-order valence-corrected chi connectivity index (χ1v) is 4.43. The van der Waals surface area contributed by atoms with Crippen LogP contribution in [0.3, 0.4) is 0 Å². The van der Waals surface area contributed by atoms with E-state index in [0.717, 1.165) is 10.0 Å². The van der Waals surface area contributed by atoms with Crippen molar-refractivity contribution in [3.05, 3.63) is 40.4 Å². The molecular formula is C9H9BrN2O. The fraction of sp³-hybridized carbons (Fsp3) is 0. The molecule has 0 atom stereocenters. The van der Waals surface area contributed by atoms with Crippen LogP contribution in [0.25, 0.3) is 6.08 Å². The second kappa shape index (κ2) is 4.67. The summed E-state index contributed by atoms with van der Waals surface area (Å²) >= 11 is 3.33. The minimum absolute atomic E-state index is 0.0860. The van der Waals surface area contributed by atoms with Crippen molar-refractivity contribution in [2.75, 3.05) is 0 Å². The van der Waals surface area contributed by atoms with Crippen molar-refractivity contribution < 1.29 is 5.21 Å². The highest BCUT2D eigenvalue weighted by Gasteiger charge is 1.88. The summed E-state index contributed by atoms with van der Waals surface area (Å²) in [6.07, 6.45) is 3.30. The first kappa shape index (κ1) is 9.80. The molecule has 1 rings (SSSR count). The minimum atomic E-state index is 0.0860. The van der Waals surface area contributed by atoms with Gasteiger partial charge in [0, 0.05) is 4.47 Å². The van der Waals surface area contributed by atoms with E-state index in [1.807, 2.05) is 24.3 Å². The average molecular weight is 241 g/mol. The fourth-order valence-electron chi connectivity index (χ4n) is 0.789. The molecule has 0 amide bonds. The summed E-state index contributed by atoms with van der Waals surface area (Å²) in [7, 11) is 0. The van der Waals surface area contributed by atoms with E-state index in [4.69, 9.17) is 10.9 Å². The van der Waals surface area contributed by atoms with E-state index < -0.39 is 0 Å². The molecule has 1 aromatic rings. The predicted molar refractivity (Wildman–Crippen MR) is 56.6 cm³/mol. The highest BCUT2D eigenvalue weighted by atomic mass is 79.9. The Morgan fingerprint density at radius 1 is 1.38 bits per heavy atom. The van der Waals surface area contributed by atoms with Crippen molar-refractivity contribution in [1.82, 2.24) is 0 Å². The summed E-state index contributed by atoms with van der Waals surface area (Å²) < 4.78 is 1.02. The Balaban J connectivity index is 2.75. The van der Waals surface area contributed by atoms with Crippen molar-refractivity contribution in [3.8, 4) is 0 Å². The van der Waals surface area contributed by atoms with Gasteiger partial charge in [0.15, 0.2) is 5.84 Å². The number of nitrogens with two attached hydrogens (primary N) is 1. The van der Waals surface area contributed by atoms with Crippen molar-refractivity contribution in [1.29, 1.82) is 0 Å². The van der Waals surface area contributed by atoms with E-state index in [1.54, 1.807) is 6.08 Å². The molecule has 0 fully saturated rings. The lowest BCUT2D eigenvalue weighted by atomic mass is 10.2. The normalized spacial score (nSPS) is 12.2. The molecule has 0 heterocycles. The minimum Gasteiger partial charge on any atom is -0.409 e. The van der Waals surface area contributed by atoms with E-state index in [-0.39, 0.29) is 5.84 Å². The van der Waals surface area contributed by atoms with E-state index in [9.17, 15) is 0 Å². The molecule has 0 saturated heterocycles. The molecule has 0 bridgehead atoms. The van der Waals surface area contributed by atoms with Gasteiger partial charge in [0.2, 0.25) is 0 Å². The van der Waals surface area contributed by atoms with Gasteiger partial charge >= 0.3 is 0 Å².